The number of rotatable bonds is 5. The summed E-state index contributed by atoms with van der Waals surface area (Å²) < 4.78 is 29.7. The van der Waals surface area contributed by atoms with Crippen molar-refractivity contribution in [3.63, 3.8) is 0 Å². The average molecular weight is 438 g/mol. The Kier molecular flexibility index (Phi) is 5.18. The van der Waals surface area contributed by atoms with Crippen LogP contribution in [0, 0.1) is 0 Å². The highest BCUT2D eigenvalue weighted by Gasteiger charge is 2.25. The molecule has 0 spiro atoms. The van der Waals surface area contributed by atoms with E-state index >= 15 is 0 Å². The minimum atomic E-state index is -3.67. The van der Waals surface area contributed by atoms with Crippen LogP contribution < -0.4 is 4.72 Å². The monoisotopic (exact) mass is 436 g/mol. The third-order valence-electron chi connectivity index (χ3n) is 2.80. The maximum atomic E-state index is 12.3. The normalized spacial score (nSPS) is 13.3. The standard InChI is InChI=1S/C12H14Br2N4O2S/c1-8(7-9-3-5-10(13)6-4-9)16-21(19,20)12-11(14)15-17-18(12)2/h3-6,8,16H,7H2,1-2H3. The van der Waals surface area contributed by atoms with Crippen molar-refractivity contribution in [2.24, 2.45) is 7.05 Å². The van der Waals surface area contributed by atoms with E-state index in [-0.39, 0.29) is 15.7 Å². The first kappa shape index (κ1) is 16.6. The van der Waals surface area contributed by atoms with Crippen molar-refractivity contribution >= 4 is 41.9 Å². The van der Waals surface area contributed by atoms with Gasteiger partial charge in [-0.25, -0.2) is 17.8 Å². The van der Waals surface area contributed by atoms with Gasteiger partial charge in [0.15, 0.2) is 4.60 Å². The highest BCUT2D eigenvalue weighted by Crippen LogP contribution is 2.18. The predicted octanol–water partition coefficient (Wildman–Crippen LogP) is 2.25. The van der Waals surface area contributed by atoms with Crippen molar-refractivity contribution in [1.29, 1.82) is 0 Å². The first-order valence-electron chi connectivity index (χ1n) is 6.11. The van der Waals surface area contributed by atoms with Gasteiger partial charge in [0.1, 0.15) is 0 Å². The van der Waals surface area contributed by atoms with Crippen LogP contribution in [0.2, 0.25) is 0 Å². The van der Waals surface area contributed by atoms with Gasteiger partial charge in [-0.05, 0) is 47.0 Å². The van der Waals surface area contributed by atoms with Crippen LogP contribution in [0.5, 0.6) is 0 Å². The largest absolute Gasteiger partial charge is 0.260 e. The Morgan fingerprint density at radius 3 is 2.43 bits per heavy atom. The van der Waals surface area contributed by atoms with E-state index in [4.69, 9.17) is 0 Å². The van der Waals surface area contributed by atoms with Gasteiger partial charge in [0, 0.05) is 17.6 Å². The number of aryl methyl sites for hydroxylation is 1. The van der Waals surface area contributed by atoms with Gasteiger partial charge in [0.05, 0.1) is 0 Å². The van der Waals surface area contributed by atoms with Gasteiger partial charge >= 0.3 is 0 Å². The molecule has 1 heterocycles. The van der Waals surface area contributed by atoms with Crippen LogP contribution in [0.4, 0.5) is 0 Å². The molecule has 0 aliphatic heterocycles. The van der Waals surface area contributed by atoms with Crippen molar-refractivity contribution in [3.05, 3.63) is 38.9 Å². The smallest absolute Gasteiger partial charge is 0.235 e. The molecule has 0 bridgehead atoms. The fourth-order valence-corrected chi connectivity index (χ4v) is 4.55. The number of benzene rings is 1. The molecule has 1 unspecified atom stereocenters. The number of aromatic nitrogens is 3. The van der Waals surface area contributed by atoms with Crippen LogP contribution in [0.15, 0.2) is 38.4 Å². The first-order chi connectivity index (χ1) is 9.79. The molecule has 0 saturated heterocycles. The molecular formula is C12H14Br2N4O2S. The molecule has 2 rings (SSSR count). The summed E-state index contributed by atoms with van der Waals surface area (Å²) in [6.45, 7) is 1.82. The third kappa shape index (κ3) is 4.12. The number of sulfonamides is 1. The Morgan fingerprint density at radius 2 is 1.90 bits per heavy atom. The van der Waals surface area contributed by atoms with E-state index in [1.54, 1.807) is 0 Å². The molecule has 1 aromatic carbocycles. The van der Waals surface area contributed by atoms with Crippen LogP contribution in [-0.4, -0.2) is 29.5 Å². The van der Waals surface area contributed by atoms with E-state index in [1.165, 1.54) is 11.7 Å². The zero-order valence-electron chi connectivity index (χ0n) is 11.4. The Bertz CT molecular complexity index is 709. The van der Waals surface area contributed by atoms with Crippen molar-refractivity contribution in [2.45, 2.75) is 24.4 Å². The molecule has 0 aliphatic rings. The van der Waals surface area contributed by atoms with Crippen LogP contribution in [0.25, 0.3) is 0 Å². The number of halogens is 2. The summed E-state index contributed by atoms with van der Waals surface area (Å²) in [7, 11) is -2.14. The molecule has 1 atom stereocenters. The number of hydrogen-bond donors (Lipinski definition) is 1. The van der Waals surface area contributed by atoms with E-state index in [2.05, 4.69) is 46.9 Å². The lowest BCUT2D eigenvalue weighted by atomic mass is 10.1. The summed E-state index contributed by atoms with van der Waals surface area (Å²) in [5, 5.41) is 7.39. The maximum absolute atomic E-state index is 12.3. The maximum Gasteiger partial charge on any atom is 0.260 e. The quantitative estimate of drug-likeness (QED) is 0.778. The molecule has 1 N–H and O–H groups in total. The van der Waals surface area contributed by atoms with Gasteiger partial charge in [-0.3, -0.25) is 0 Å². The summed E-state index contributed by atoms with van der Waals surface area (Å²) in [6, 6.07) is 7.52. The summed E-state index contributed by atoms with van der Waals surface area (Å²) >= 11 is 6.47. The van der Waals surface area contributed by atoms with Gasteiger partial charge in [0.2, 0.25) is 5.03 Å². The molecule has 1 aromatic heterocycles. The molecule has 0 aliphatic carbocycles. The lowest BCUT2D eigenvalue weighted by molar-refractivity contribution is 0.542. The summed E-state index contributed by atoms with van der Waals surface area (Å²) in [4.78, 5) is 0. The minimum absolute atomic E-state index is 0.0187. The van der Waals surface area contributed by atoms with Gasteiger partial charge in [-0.15, -0.1) is 5.10 Å². The fourth-order valence-electron chi connectivity index (χ4n) is 1.94. The average Bonchev–Trinajstić information content (AvgIpc) is 2.71. The van der Waals surface area contributed by atoms with Crippen molar-refractivity contribution in [1.82, 2.24) is 19.7 Å². The molecule has 6 nitrogen and oxygen atoms in total. The summed E-state index contributed by atoms with van der Waals surface area (Å²) in [5.41, 5.74) is 1.05. The van der Waals surface area contributed by atoms with Crippen LogP contribution in [-0.2, 0) is 23.5 Å². The summed E-state index contributed by atoms with van der Waals surface area (Å²) in [5.74, 6) is 0. The van der Waals surface area contributed by atoms with Gasteiger partial charge < -0.3 is 0 Å². The SMILES string of the molecule is CC(Cc1ccc(Br)cc1)NS(=O)(=O)c1c(Br)nnn1C. The Hall–Kier alpha value is -0.770. The zero-order valence-corrected chi connectivity index (χ0v) is 15.4. The molecule has 9 heteroatoms. The van der Waals surface area contributed by atoms with Crippen molar-refractivity contribution in [3.8, 4) is 0 Å². The third-order valence-corrected chi connectivity index (χ3v) is 5.81. The topological polar surface area (TPSA) is 76.9 Å². The van der Waals surface area contributed by atoms with Crippen LogP contribution in [0.1, 0.15) is 12.5 Å². The Balaban J connectivity index is 2.11. The molecular weight excluding hydrogens is 424 g/mol. The van der Waals surface area contributed by atoms with Crippen molar-refractivity contribution < 1.29 is 8.42 Å². The van der Waals surface area contributed by atoms with E-state index in [0.29, 0.717) is 6.42 Å². The van der Waals surface area contributed by atoms with E-state index in [9.17, 15) is 8.42 Å². The van der Waals surface area contributed by atoms with Crippen molar-refractivity contribution in [2.75, 3.05) is 0 Å². The van der Waals surface area contributed by atoms with Gasteiger partial charge in [0.25, 0.3) is 10.0 Å². The first-order valence-corrected chi connectivity index (χ1v) is 9.18. The number of hydrogen-bond acceptors (Lipinski definition) is 4. The lowest BCUT2D eigenvalue weighted by Gasteiger charge is -2.14. The molecule has 0 amide bonds. The van der Waals surface area contributed by atoms with E-state index in [0.717, 1.165) is 10.0 Å². The Morgan fingerprint density at radius 1 is 1.29 bits per heavy atom. The molecule has 0 fully saturated rings. The molecule has 21 heavy (non-hydrogen) atoms. The van der Waals surface area contributed by atoms with Gasteiger partial charge in [-0.1, -0.05) is 33.3 Å². The second-order valence-electron chi connectivity index (χ2n) is 4.66. The lowest BCUT2D eigenvalue weighted by Crippen LogP contribution is -2.35. The minimum Gasteiger partial charge on any atom is -0.235 e. The highest BCUT2D eigenvalue weighted by molar-refractivity contribution is 9.10. The predicted molar refractivity (Wildman–Crippen MR) is 86.3 cm³/mol. The molecule has 2 aromatic rings. The fraction of sp³-hybridized carbons (Fsp3) is 0.333. The molecule has 114 valence electrons. The highest BCUT2D eigenvalue weighted by atomic mass is 79.9. The second kappa shape index (κ2) is 6.55. The van der Waals surface area contributed by atoms with Crippen LogP contribution in [0.3, 0.4) is 0 Å². The van der Waals surface area contributed by atoms with Gasteiger partial charge in [-0.2, -0.15) is 0 Å². The van der Waals surface area contributed by atoms with E-state index < -0.39 is 10.0 Å². The molecule has 0 saturated carbocycles. The van der Waals surface area contributed by atoms with Crippen LogP contribution >= 0.6 is 31.9 Å². The van der Waals surface area contributed by atoms with E-state index in [1.807, 2.05) is 31.2 Å². The number of nitrogens with one attached hydrogen (secondary N) is 1. The molecule has 0 radical (unpaired) electrons. The zero-order chi connectivity index (χ0) is 15.6. The summed E-state index contributed by atoms with van der Waals surface area (Å²) in [6.07, 6.45) is 0.593. The second-order valence-corrected chi connectivity index (χ2v) is 7.96. The Labute approximate surface area is 140 Å². The number of nitrogens with zero attached hydrogens (tertiary/aromatic N) is 3.